The van der Waals surface area contributed by atoms with Crippen molar-refractivity contribution in [3.05, 3.63) is 51.5 Å². The van der Waals surface area contributed by atoms with Crippen LogP contribution in [0, 0.1) is 0 Å². The molecule has 0 unspecified atom stereocenters. The van der Waals surface area contributed by atoms with E-state index in [9.17, 15) is 4.79 Å². The Bertz CT molecular complexity index is 677. The van der Waals surface area contributed by atoms with Crippen LogP contribution in [0.2, 0.25) is 5.02 Å². The summed E-state index contributed by atoms with van der Waals surface area (Å²) >= 11 is 9.33. The quantitative estimate of drug-likeness (QED) is 0.610. The molecule has 0 aliphatic carbocycles. The highest BCUT2D eigenvalue weighted by molar-refractivity contribution is 9.10. The summed E-state index contributed by atoms with van der Waals surface area (Å²) in [7, 11) is 0. The minimum atomic E-state index is -0.379. The molecule has 0 heterocycles. The van der Waals surface area contributed by atoms with E-state index in [4.69, 9.17) is 22.1 Å². The van der Waals surface area contributed by atoms with Gasteiger partial charge in [-0.3, -0.25) is 0 Å². The average molecular weight is 370 g/mol. The van der Waals surface area contributed by atoms with Gasteiger partial charge in [-0.15, -0.1) is 0 Å². The zero-order chi connectivity index (χ0) is 15.4. The summed E-state index contributed by atoms with van der Waals surface area (Å²) in [5.41, 5.74) is 8.34. The van der Waals surface area contributed by atoms with Gasteiger partial charge in [0.15, 0.2) is 0 Å². The lowest BCUT2D eigenvalue weighted by Gasteiger charge is -2.12. The fraction of sp³-hybridized carbons (Fsp3) is 0.133. The topological polar surface area (TPSA) is 64.3 Å². The number of nitrogen functional groups attached to an aromatic ring is 1. The molecular formula is C15H14BrClN2O2. The molecule has 0 bridgehead atoms. The number of halogens is 2. The molecule has 0 aliphatic heterocycles. The monoisotopic (exact) mass is 368 g/mol. The molecule has 2 aromatic carbocycles. The number of carbonyl (C=O) groups is 1. The molecule has 110 valence electrons. The maximum absolute atomic E-state index is 11.8. The molecule has 21 heavy (non-hydrogen) atoms. The lowest BCUT2D eigenvalue weighted by molar-refractivity contribution is 0.0526. The summed E-state index contributed by atoms with van der Waals surface area (Å²) in [4.78, 5) is 11.8. The van der Waals surface area contributed by atoms with Crippen molar-refractivity contribution in [2.24, 2.45) is 0 Å². The van der Waals surface area contributed by atoms with E-state index in [-0.39, 0.29) is 5.97 Å². The van der Waals surface area contributed by atoms with E-state index >= 15 is 0 Å². The molecule has 3 N–H and O–H groups in total. The van der Waals surface area contributed by atoms with Crippen LogP contribution in [0.4, 0.5) is 17.1 Å². The van der Waals surface area contributed by atoms with Gasteiger partial charge in [0.2, 0.25) is 0 Å². The molecular weight excluding hydrogens is 356 g/mol. The first kappa shape index (κ1) is 15.7. The zero-order valence-electron chi connectivity index (χ0n) is 11.3. The summed E-state index contributed by atoms with van der Waals surface area (Å²) in [5.74, 6) is -0.379. The number of esters is 1. The van der Waals surface area contributed by atoms with Gasteiger partial charge in [-0.1, -0.05) is 11.6 Å². The molecule has 0 amide bonds. The Kier molecular flexibility index (Phi) is 5.09. The molecule has 2 aromatic rings. The van der Waals surface area contributed by atoms with Crippen LogP contribution in [0.25, 0.3) is 0 Å². The van der Waals surface area contributed by atoms with Crippen LogP contribution in [0.1, 0.15) is 17.3 Å². The third kappa shape index (κ3) is 3.89. The van der Waals surface area contributed by atoms with Crippen LogP contribution >= 0.6 is 27.5 Å². The van der Waals surface area contributed by atoms with Gasteiger partial charge >= 0.3 is 5.97 Å². The SMILES string of the molecule is CCOC(=O)c1ccc(N)c(Nc2ccc(Cl)cc2Br)c1. The fourth-order valence-corrected chi connectivity index (χ4v) is 2.52. The van der Waals surface area contributed by atoms with E-state index in [0.717, 1.165) is 10.2 Å². The second kappa shape index (κ2) is 6.83. The molecule has 0 saturated carbocycles. The number of anilines is 3. The van der Waals surface area contributed by atoms with E-state index in [0.29, 0.717) is 28.6 Å². The number of hydrogen-bond acceptors (Lipinski definition) is 4. The van der Waals surface area contributed by atoms with Gasteiger partial charge in [0.25, 0.3) is 0 Å². The predicted molar refractivity (Wildman–Crippen MR) is 89.2 cm³/mol. The molecule has 4 nitrogen and oxygen atoms in total. The van der Waals surface area contributed by atoms with Crippen molar-refractivity contribution in [1.82, 2.24) is 0 Å². The summed E-state index contributed by atoms with van der Waals surface area (Å²) in [5, 5.41) is 3.79. The summed E-state index contributed by atoms with van der Waals surface area (Å²) in [6, 6.07) is 10.3. The van der Waals surface area contributed by atoms with Gasteiger partial charge in [-0.25, -0.2) is 4.79 Å². The molecule has 0 radical (unpaired) electrons. The van der Waals surface area contributed by atoms with E-state index in [2.05, 4.69) is 21.2 Å². The van der Waals surface area contributed by atoms with Gasteiger partial charge in [-0.2, -0.15) is 0 Å². The molecule has 6 heteroatoms. The summed E-state index contributed by atoms with van der Waals surface area (Å²) in [6.07, 6.45) is 0. The Labute approximate surface area is 136 Å². The number of rotatable bonds is 4. The van der Waals surface area contributed by atoms with Crippen LogP contribution in [-0.4, -0.2) is 12.6 Å². The molecule has 0 fully saturated rings. The maximum atomic E-state index is 11.8. The normalized spacial score (nSPS) is 10.2. The number of hydrogen-bond donors (Lipinski definition) is 2. The average Bonchev–Trinajstić information content (AvgIpc) is 2.44. The first-order valence-corrected chi connectivity index (χ1v) is 7.47. The molecule has 2 rings (SSSR count). The number of ether oxygens (including phenoxy) is 1. The lowest BCUT2D eigenvalue weighted by atomic mass is 10.1. The standard InChI is InChI=1S/C15H14BrClN2O2/c1-2-21-15(20)9-3-5-12(18)14(7-9)19-13-6-4-10(17)8-11(13)16/h3-8,19H,2,18H2,1H3. The highest BCUT2D eigenvalue weighted by atomic mass is 79.9. The Morgan fingerprint density at radius 1 is 1.29 bits per heavy atom. The van der Waals surface area contributed by atoms with Gasteiger partial charge in [0, 0.05) is 9.50 Å². The van der Waals surface area contributed by atoms with Gasteiger partial charge in [-0.05, 0) is 59.3 Å². The van der Waals surface area contributed by atoms with E-state index in [1.54, 1.807) is 37.3 Å². The van der Waals surface area contributed by atoms with Crippen molar-refractivity contribution in [3.8, 4) is 0 Å². The van der Waals surface area contributed by atoms with Crippen molar-refractivity contribution < 1.29 is 9.53 Å². The van der Waals surface area contributed by atoms with Crippen molar-refractivity contribution >= 4 is 50.6 Å². The van der Waals surface area contributed by atoms with Gasteiger partial charge in [0.05, 0.1) is 29.2 Å². The Morgan fingerprint density at radius 3 is 2.71 bits per heavy atom. The van der Waals surface area contributed by atoms with Crippen LogP contribution in [-0.2, 0) is 4.74 Å². The number of nitrogens with one attached hydrogen (secondary N) is 1. The first-order valence-electron chi connectivity index (χ1n) is 6.30. The molecule has 0 spiro atoms. The highest BCUT2D eigenvalue weighted by Crippen LogP contribution is 2.31. The van der Waals surface area contributed by atoms with Crippen LogP contribution < -0.4 is 11.1 Å². The lowest BCUT2D eigenvalue weighted by Crippen LogP contribution is -2.06. The highest BCUT2D eigenvalue weighted by Gasteiger charge is 2.10. The van der Waals surface area contributed by atoms with Crippen molar-refractivity contribution in [2.75, 3.05) is 17.7 Å². The Balaban J connectivity index is 2.30. The minimum Gasteiger partial charge on any atom is -0.462 e. The molecule has 0 aliphatic rings. The van der Waals surface area contributed by atoms with Crippen molar-refractivity contribution in [3.63, 3.8) is 0 Å². The Hall–Kier alpha value is -1.72. The largest absolute Gasteiger partial charge is 0.462 e. The van der Waals surface area contributed by atoms with E-state index < -0.39 is 0 Å². The third-order valence-electron chi connectivity index (χ3n) is 2.76. The number of benzene rings is 2. The number of nitrogens with two attached hydrogens (primary N) is 1. The minimum absolute atomic E-state index is 0.328. The second-order valence-electron chi connectivity index (χ2n) is 4.27. The number of carbonyl (C=O) groups excluding carboxylic acids is 1. The maximum Gasteiger partial charge on any atom is 0.338 e. The third-order valence-corrected chi connectivity index (χ3v) is 3.66. The smallest absolute Gasteiger partial charge is 0.338 e. The van der Waals surface area contributed by atoms with Crippen LogP contribution in [0.3, 0.4) is 0 Å². The molecule has 0 atom stereocenters. The first-order chi connectivity index (χ1) is 10.0. The second-order valence-corrected chi connectivity index (χ2v) is 5.56. The van der Waals surface area contributed by atoms with Crippen molar-refractivity contribution in [1.29, 1.82) is 0 Å². The fourth-order valence-electron chi connectivity index (χ4n) is 1.74. The molecule has 0 saturated heterocycles. The zero-order valence-corrected chi connectivity index (χ0v) is 13.7. The summed E-state index contributed by atoms with van der Waals surface area (Å²) < 4.78 is 5.78. The van der Waals surface area contributed by atoms with Crippen LogP contribution in [0.5, 0.6) is 0 Å². The van der Waals surface area contributed by atoms with Crippen molar-refractivity contribution in [2.45, 2.75) is 6.92 Å². The predicted octanol–water partition coefficient (Wildman–Crippen LogP) is 4.61. The Morgan fingerprint density at radius 2 is 2.05 bits per heavy atom. The van der Waals surface area contributed by atoms with E-state index in [1.807, 2.05) is 6.07 Å². The van der Waals surface area contributed by atoms with E-state index in [1.165, 1.54) is 0 Å². The van der Waals surface area contributed by atoms with Gasteiger partial charge < -0.3 is 15.8 Å². The van der Waals surface area contributed by atoms with Crippen LogP contribution in [0.15, 0.2) is 40.9 Å². The van der Waals surface area contributed by atoms with Gasteiger partial charge in [0.1, 0.15) is 0 Å². The molecule has 0 aromatic heterocycles. The summed E-state index contributed by atoms with van der Waals surface area (Å²) in [6.45, 7) is 2.09.